The number of benzene rings is 3. The van der Waals surface area contributed by atoms with Crippen molar-refractivity contribution in [3.8, 4) is 5.75 Å². The lowest BCUT2D eigenvalue weighted by molar-refractivity contribution is -0.139. The van der Waals surface area contributed by atoms with E-state index in [1.807, 2.05) is 0 Å². The van der Waals surface area contributed by atoms with Gasteiger partial charge in [0.1, 0.15) is 17.9 Å². The van der Waals surface area contributed by atoms with Gasteiger partial charge in [-0.25, -0.2) is 4.39 Å². The van der Waals surface area contributed by atoms with E-state index in [0.717, 1.165) is 12.1 Å². The number of nitrogens with zero attached hydrogens (tertiary/aromatic N) is 1. The number of carbonyl (C=O) groups excluding carboxylic acids is 1. The van der Waals surface area contributed by atoms with Crippen molar-refractivity contribution in [2.24, 2.45) is 0 Å². The van der Waals surface area contributed by atoms with Crippen LogP contribution in [0.3, 0.4) is 0 Å². The minimum atomic E-state index is -4.85. The van der Waals surface area contributed by atoms with Crippen molar-refractivity contribution in [1.29, 1.82) is 0 Å². The Labute approximate surface area is 152 Å². The highest BCUT2D eigenvalue weighted by Crippen LogP contribution is 2.39. The van der Waals surface area contributed by atoms with Gasteiger partial charge in [-0.05, 0) is 66.7 Å². The molecule has 0 bridgehead atoms. The molecule has 0 atom stereocenters. The van der Waals surface area contributed by atoms with Crippen LogP contribution in [-0.2, 0) is 6.18 Å². The Balaban J connectivity index is 2.17. The van der Waals surface area contributed by atoms with Crippen molar-refractivity contribution in [3.63, 3.8) is 0 Å². The van der Waals surface area contributed by atoms with Gasteiger partial charge in [0.25, 0.3) is 0 Å². The molecule has 1 N–H and O–H groups in total. The highest BCUT2D eigenvalue weighted by atomic mass is 19.4. The Kier molecular flexibility index (Phi) is 4.85. The first-order chi connectivity index (χ1) is 12.8. The largest absolute Gasteiger partial charge is 0.508 e. The summed E-state index contributed by atoms with van der Waals surface area (Å²) in [6.07, 6.45) is -4.20. The summed E-state index contributed by atoms with van der Waals surface area (Å²) in [5.74, 6) is -1.38. The second-order valence-corrected chi connectivity index (χ2v) is 5.72. The van der Waals surface area contributed by atoms with Gasteiger partial charge in [-0.3, -0.25) is 4.79 Å². The first-order valence-corrected chi connectivity index (χ1v) is 7.81. The van der Waals surface area contributed by atoms with E-state index < -0.39 is 17.6 Å². The van der Waals surface area contributed by atoms with Gasteiger partial charge in [-0.2, -0.15) is 13.2 Å². The number of hydrogen-bond donors (Lipinski definition) is 1. The Hall–Kier alpha value is -3.35. The van der Waals surface area contributed by atoms with Crippen LogP contribution in [0.4, 0.5) is 34.6 Å². The van der Waals surface area contributed by atoms with Crippen molar-refractivity contribution in [3.05, 3.63) is 83.7 Å². The molecule has 138 valence electrons. The number of phenolic OH excluding ortho intramolecular Hbond substituents is 1. The minimum Gasteiger partial charge on any atom is -0.508 e. The summed E-state index contributed by atoms with van der Waals surface area (Å²) in [6, 6.07) is 14.7. The molecule has 0 fully saturated rings. The monoisotopic (exact) mass is 375 g/mol. The normalized spacial score (nSPS) is 11.3. The molecule has 0 aliphatic rings. The predicted octanol–water partition coefficient (Wildman–Crippen LogP) is 5.83. The van der Waals surface area contributed by atoms with Crippen molar-refractivity contribution in [2.45, 2.75) is 6.18 Å². The van der Waals surface area contributed by atoms with Gasteiger partial charge in [-0.15, -0.1) is 0 Å². The first kappa shape index (κ1) is 18.4. The SMILES string of the molecule is O=Cc1ccc(N(c2ccc(O)cc2)c2ccc(F)c(C(F)(F)F)c2)cc1. The number of phenols is 1. The Morgan fingerprint density at radius 2 is 1.33 bits per heavy atom. The number of halogens is 4. The molecule has 3 aromatic rings. The van der Waals surface area contributed by atoms with E-state index in [2.05, 4.69) is 0 Å². The topological polar surface area (TPSA) is 40.5 Å². The molecule has 0 saturated carbocycles. The van der Waals surface area contributed by atoms with E-state index >= 15 is 0 Å². The molecule has 0 spiro atoms. The van der Waals surface area contributed by atoms with Gasteiger partial charge in [0, 0.05) is 22.6 Å². The molecule has 3 aromatic carbocycles. The fourth-order valence-electron chi connectivity index (χ4n) is 2.62. The molecule has 0 aliphatic carbocycles. The molecule has 0 heterocycles. The lowest BCUT2D eigenvalue weighted by atomic mass is 10.1. The van der Waals surface area contributed by atoms with Gasteiger partial charge < -0.3 is 10.0 Å². The van der Waals surface area contributed by atoms with Crippen LogP contribution in [0.15, 0.2) is 66.7 Å². The summed E-state index contributed by atoms with van der Waals surface area (Å²) in [6.45, 7) is 0. The second kappa shape index (κ2) is 7.11. The smallest absolute Gasteiger partial charge is 0.419 e. The van der Waals surface area contributed by atoms with E-state index in [0.29, 0.717) is 23.2 Å². The Bertz CT molecular complexity index is 951. The summed E-state index contributed by atoms with van der Waals surface area (Å²) in [5, 5.41) is 9.48. The zero-order valence-electron chi connectivity index (χ0n) is 13.7. The molecule has 3 nitrogen and oxygen atoms in total. The van der Waals surface area contributed by atoms with Crippen molar-refractivity contribution in [2.75, 3.05) is 4.90 Å². The van der Waals surface area contributed by atoms with E-state index in [-0.39, 0.29) is 11.4 Å². The van der Waals surface area contributed by atoms with Crippen molar-refractivity contribution >= 4 is 23.3 Å². The van der Waals surface area contributed by atoms with Crippen LogP contribution < -0.4 is 4.90 Å². The molecule has 0 saturated heterocycles. The van der Waals surface area contributed by atoms with Crippen LogP contribution in [0.1, 0.15) is 15.9 Å². The molecule has 27 heavy (non-hydrogen) atoms. The fourth-order valence-corrected chi connectivity index (χ4v) is 2.62. The van der Waals surface area contributed by atoms with Gasteiger partial charge in [-0.1, -0.05) is 0 Å². The van der Waals surface area contributed by atoms with Gasteiger partial charge in [0.15, 0.2) is 0 Å². The standard InChI is InChI=1S/C20H13F4NO2/c21-19-10-7-16(11-18(19)20(22,23)24)25(15-5-8-17(27)9-6-15)14-3-1-13(12-26)2-4-14/h1-12,27H. The third-order valence-electron chi connectivity index (χ3n) is 3.91. The molecular weight excluding hydrogens is 362 g/mol. The van der Waals surface area contributed by atoms with Crippen LogP contribution in [0, 0.1) is 5.82 Å². The number of aldehydes is 1. The van der Waals surface area contributed by atoms with Crippen molar-refractivity contribution < 1.29 is 27.5 Å². The number of anilines is 3. The van der Waals surface area contributed by atoms with E-state index in [1.165, 1.54) is 47.4 Å². The molecule has 7 heteroatoms. The fraction of sp³-hybridized carbons (Fsp3) is 0.0500. The first-order valence-electron chi connectivity index (χ1n) is 7.81. The van der Waals surface area contributed by atoms with Gasteiger partial charge in [0.2, 0.25) is 0 Å². The molecule has 3 rings (SSSR count). The summed E-state index contributed by atoms with van der Waals surface area (Å²) in [4.78, 5) is 12.3. The predicted molar refractivity (Wildman–Crippen MR) is 93.1 cm³/mol. The summed E-state index contributed by atoms with van der Waals surface area (Å²) < 4.78 is 53.0. The zero-order chi connectivity index (χ0) is 19.6. The zero-order valence-corrected chi connectivity index (χ0v) is 13.7. The average Bonchev–Trinajstić information content (AvgIpc) is 2.64. The summed E-state index contributed by atoms with van der Waals surface area (Å²) in [7, 11) is 0. The Morgan fingerprint density at radius 1 is 0.815 bits per heavy atom. The molecule has 0 amide bonds. The summed E-state index contributed by atoms with van der Waals surface area (Å²) in [5.41, 5.74) is 0.0125. The maximum Gasteiger partial charge on any atom is 0.419 e. The van der Waals surface area contributed by atoms with Crippen LogP contribution in [-0.4, -0.2) is 11.4 Å². The lowest BCUT2D eigenvalue weighted by Crippen LogP contribution is -2.13. The van der Waals surface area contributed by atoms with E-state index in [9.17, 15) is 27.5 Å². The molecule has 0 radical (unpaired) electrons. The number of aromatic hydroxyl groups is 1. The number of rotatable bonds is 4. The van der Waals surface area contributed by atoms with Crippen LogP contribution in [0.2, 0.25) is 0 Å². The highest BCUT2D eigenvalue weighted by molar-refractivity contribution is 5.80. The number of alkyl halides is 3. The maximum absolute atomic E-state index is 13.7. The minimum absolute atomic E-state index is 0.00918. The van der Waals surface area contributed by atoms with Crippen LogP contribution in [0.5, 0.6) is 5.75 Å². The van der Waals surface area contributed by atoms with Gasteiger partial charge >= 0.3 is 6.18 Å². The third kappa shape index (κ3) is 3.92. The quantitative estimate of drug-likeness (QED) is 0.461. The van der Waals surface area contributed by atoms with Crippen LogP contribution in [0.25, 0.3) is 0 Å². The number of carbonyl (C=O) groups is 1. The molecule has 0 aromatic heterocycles. The molecular formula is C20H13F4NO2. The molecule has 0 aliphatic heterocycles. The van der Waals surface area contributed by atoms with Crippen molar-refractivity contribution in [1.82, 2.24) is 0 Å². The Morgan fingerprint density at radius 3 is 1.85 bits per heavy atom. The molecule has 0 unspecified atom stereocenters. The second-order valence-electron chi connectivity index (χ2n) is 5.72. The lowest BCUT2D eigenvalue weighted by Gasteiger charge is -2.26. The van der Waals surface area contributed by atoms with E-state index in [1.54, 1.807) is 12.1 Å². The van der Waals surface area contributed by atoms with Gasteiger partial charge in [0.05, 0.1) is 5.56 Å². The average molecular weight is 375 g/mol. The summed E-state index contributed by atoms with van der Waals surface area (Å²) >= 11 is 0. The maximum atomic E-state index is 13.7. The highest BCUT2D eigenvalue weighted by Gasteiger charge is 2.34. The van der Waals surface area contributed by atoms with Crippen LogP contribution >= 0.6 is 0 Å². The third-order valence-corrected chi connectivity index (χ3v) is 3.91. The van der Waals surface area contributed by atoms with E-state index in [4.69, 9.17) is 0 Å². The number of hydrogen-bond acceptors (Lipinski definition) is 3.